The van der Waals surface area contributed by atoms with Crippen LogP contribution in [0.5, 0.6) is 5.75 Å². The largest absolute Gasteiger partial charge is 0.494 e. The molecule has 0 radical (unpaired) electrons. The maximum atomic E-state index is 9.19. The standard InChI is InChI=1S/C18H25BO3/c1-2-3-4-5-6-7-12-22-18-11-9-15-13-17(19(20)21)10-8-16(15)14-18/h8-11,13-14,20-21H,2-7,12H2,1H3. The molecule has 0 unspecified atom stereocenters. The molecule has 0 aliphatic heterocycles. The van der Waals surface area contributed by atoms with Gasteiger partial charge in [0.05, 0.1) is 6.61 Å². The van der Waals surface area contributed by atoms with Crippen molar-refractivity contribution in [2.24, 2.45) is 0 Å². The third kappa shape index (κ3) is 5.04. The van der Waals surface area contributed by atoms with E-state index in [4.69, 9.17) is 4.74 Å². The molecule has 0 bridgehead atoms. The van der Waals surface area contributed by atoms with Crippen LogP contribution in [0.1, 0.15) is 45.4 Å². The van der Waals surface area contributed by atoms with Gasteiger partial charge in [0.15, 0.2) is 0 Å². The van der Waals surface area contributed by atoms with Gasteiger partial charge in [-0.25, -0.2) is 0 Å². The van der Waals surface area contributed by atoms with E-state index in [-0.39, 0.29) is 0 Å². The summed E-state index contributed by atoms with van der Waals surface area (Å²) in [5.74, 6) is 0.873. The van der Waals surface area contributed by atoms with E-state index < -0.39 is 7.12 Å². The molecular formula is C18H25BO3. The number of hydrogen-bond acceptors (Lipinski definition) is 3. The van der Waals surface area contributed by atoms with E-state index in [1.807, 2.05) is 24.3 Å². The lowest BCUT2D eigenvalue weighted by atomic mass is 9.79. The van der Waals surface area contributed by atoms with Crippen LogP contribution >= 0.6 is 0 Å². The Balaban J connectivity index is 1.84. The summed E-state index contributed by atoms with van der Waals surface area (Å²) in [6, 6.07) is 11.3. The van der Waals surface area contributed by atoms with Gasteiger partial charge in [-0.15, -0.1) is 0 Å². The zero-order chi connectivity index (χ0) is 15.8. The lowest BCUT2D eigenvalue weighted by Gasteiger charge is -2.08. The van der Waals surface area contributed by atoms with Crippen molar-refractivity contribution in [2.45, 2.75) is 45.4 Å². The molecule has 3 nitrogen and oxygen atoms in total. The second kappa shape index (κ2) is 8.81. The molecule has 0 heterocycles. The number of hydrogen-bond donors (Lipinski definition) is 2. The number of rotatable bonds is 9. The molecule has 0 atom stereocenters. The van der Waals surface area contributed by atoms with Gasteiger partial charge in [0.1, 0.15) is 5.75 Å². The summed E-state index contributed by atoms with van der Waals surface area (Å²) < 4.78 is 5.80. The molecule has 0 fully saturated rings. The Labute approximate surface area is 133 Å². The first kappa shape index (κ1) is 16.8. The summed E-state index contributed by atoms with van der Waals surface area (Å²) in [5, 5.41) is 20.4. The highest BCUT2D eigenvalue weighted by atomic mass is 16.5. The molecule has 0 saturated heterocycles. The highest BCUT2D eigenvalue weighted by molar-refractivity contribution is 6.58. The molecule has 2 aromatic rings. The van der Waals surface area contributed by atoms with Gasteiger partial charge >= 0.3 is 7.12 Å². The van der Waals surface area contributed by atoms with Crippen molar-refractivity contribution >= 4 is 23.4 Å². The van der Waals surface area contributed by atoms with E-state index in [0.717, 1.165) is 29.5 Å². The zero-order valence-electron chi connectivity index (χ0n) is 13.3. The predicted molar refractivity (Wildman–Crippen MR) is 92.6 cm³/mol. The van der Waals surface area contributed by atoms with Crippen LogP contribution in [0.15, 0.2) is 36.4 Å². The molecule has 2 N–H and O–H groups in total. The van der Waals surface area contributed by atoms with Crippen LogP contribution in [-0.4, -0.2) is 23.8 Å². The van der Waals surface area contributed by atoms with Crippen LogP contribution in [0.3, 0.4) is 0 Å². The third-order valence-electron chi connectivity index (χ3n) is 3.90. The van der Waals surface area contributed by atoms with Gasteiger partial charge in [0, 0.05) is 0 Å². The number of fused-ring (bicyclic) bond motifs is 1. The second-order valence-corrected chi connectivity index (χ2v) is 5.76. The van der Waals surface area contributed by atoms with Crippen molar-refractivity contribution in [3.8, 4) is 5.75 Å². The lowest BCUT2D eigenvalue weighted by Crippen LogP contribution is -2.29. The van der Waals surface area contributed by atoms with Crippen molar-refractivity contribution < 1.29 is 14.8 Å². The summed E-state index contributed by atoms with van der Waals surface area (Å²) in [7, 11) is -1.42. The Morgan fingerprint density at radius 2 is 1.55 bits per heavy atom. The first-order valence-corrected chi connectivity index (χ1v) is 8.23. The monoisotopic (exact) mass is 300 g/mol. The van der Waals surface area contributed by atoms with E-state index in [0.29, 0.717) is 5.46 Å². The van der Waals surface area contributed by atoms with Gasteiger partial charge in [-0.2, -0.15) is 0 Å². The summed E-state index contributed by atoms with van der Waals surface area (Å²) >= 11 is 0. The molecule has 0 amide bonds. The van der Waals surface area contributed by atoms with Gasteiger partial charge in [-0.05, 0) is 34.8 Å². The number of ether oxygens (including phenoxy) is 1. The fourth-order valence-corrected chi connectivity index (χ4v) is 2.57. The van der Waals surface area contributed by atoms with Crippen LogP contribution in [0, 0.1) is 0 Å². The van der Waals surface area contributed by atoms with Gasteiger partial charge in [0.2, 0.25) is 0 Å². The first-order chi connectivity index (χ1) is 10.7. The number of benzene rings is 2. The van der Waals surface area contributed by atoms with Crippen LogP contribution in [0.4, 0.5) is 0 Å². The van der Waals surface area contributed by atoms with E-state index in [1.54, 1.807) is 12.1 Å². The molecule has 0 saturated carbocycles. The normalized spacial score (nSPS) is 10.9. The summed E-state index contributed by atoms with van der Waals surface area (Å²) in [4.78, 5) is 0. The molecule has 22 heavy (non-hydrogen) atoms. The Hall–Kier alpha value is -1.52. The second-order valence-electron chi connectivity index (χ2n) is 5.76. The van der Waals surface area contributed by atoms with Crippen LogP contribution in [0.2, 0.25) is 0 Å². The first-order valence-electron chi connectivity index (χ1n) is 8.23. The Bertz CT molecular complexity index is 584. The average molecular weight is 300 g/mol. The molecule has 4 heteroatoms. The molecule has 0 aliphatic carbocycles. The van der Waals surface area contributed by atoms with Crippen molar-refractivity contribution in [3.05, 3.63) is 36.4 Å². The van der Waals surface area contributed by atoms with E-state index in [2.05, 4.69) is 6.92 Å². The van der Waals surface area contributed by atoms with Crippen LogP contribution in [0.25, 0.3) is 10.8 Å². The molecule has 0 spiro atoms. The van der Waals surface area contributed by atoms with E-state index >= 15 is 0 Å². The molecule has 0 aromatic heterocycles. The average Bonchev–Trinajstić information content (AvgIpc) is 2.53. The smallest absolute Gasteiger partial charge is 0.488 e. The third-order valence-corrected chi connectivity index (χ3v) is 3.90. The van der Waals surface area contributed by atoms with E-state index in [9.17, 15) is 10.0 Å². The van der Waals surface area contributed by atoms with Crippen molar-refractivity contribution in [2.75, 3.05) is 6.61 Å². The minimum atomic E-state index is -1.42. The quantitative estimate of drug-likeness (QED) is 0.552. The molecule has 118 valence electrons. The predicted octanol–water partition coefficient (Wildman–Crippen LogP) is 3.26. The summed E-state index contributed by atoms with van der Waals surface area (Å²) in [6.45, 7) is 2.98. The Kier molecular flexibility index (Phi) is 6.75. The maximum Gasteiger partial charge on any atom is 0.488 e. The van der Waals surface area contributed by atoms with Gasteiger partial charge in [-0.3, -0.25) is 0 Å². The fourth-order valence-electron chi connectivity index (χ4n) is 2.57. The molecule has 2 aromatic carbocycles. The van der Waals surface area contributed by atoms with Gasteiger partial charge < -0.3 is 14.8 Å². The van der Waals surface area contributed by atoms with Crippen molar-refractivity contribution in [3.63, 3.8) is 0 Å². The zero-order valence-corrected chi connectivity index (χ0v) is 13.3. The maximum absolute atomic E-state index is 9.19. The fraction of sp³-hybridized carbons (Fsp3) is 0.444. The summed E-state index contributed by atoms with van der Waals surface area (Å²) in [5.41, 5.74) is 0.508. The SMILES string of the molecule is CCCCCCCCOc1ccc2cc(B(O)O)ccc2c1. The minimum absolute atomic E-state index is 0.508. The highest BCUT2D eigenvalue weighted by Crippen LogP contribution is 2.20. The molecular weight excluding hydrogens is 275 g/mol. The minimum Gasteiger partial charge on any atom is -0.494 e. The van der Waals surface area contributed by atoms with Gasteiger partial charge in [-0.1, -0.05) is 63.3 Å². The molecule has 0 aliphatic rings. The van der Waals surface area contributed by atoms with Crippen LogP contribution in [-0.2, 0) is 0 Å². The Morgan fingerprint density at radius 1 is 0.864 bits per heavy atom. The van der Waals surface area contributed by atoms with Gasteiger partial charge in [0.25, 0.3) is 0 Å². The van der Waals surface area contributed by atoms with Crippen molar-refractivity contribution in [1.82, 2.24) is 0 Å². The summed E-state index contributed by atoms with van der Waals surface area (Å²) in [6.07, 6.45) is 7.55. The van der Waals surface area contributed by atoms with Crippen molar-refractivity contribution in [1.29, 1.82) is 0 Å². The number of unbranched alkanes of at least 4 members (excludes halogenated alkanes) is 5. The topological polar surface area (TPSA) is 49.7 Å². The highest BCUT2D eigenvalue weighted by Gasteiger charge is 2.10. The van der Waals surface area contributed by atoms with Crippen LogP contribution < -0.4 is 10.2 Å². The Morgan fingerprint density at radius 3 is 2.32 bits per heavy atom. The molecule has 2 rings (SSSR count). The van der Waals surface area contributed by atoms with E-state index in [1.165, 1.54) is 32.1 Å². The lowest BCUT2D eigenvalue weighted by molar-refractivity contribution is 0.305.